The fraction of sp³-hybridized carbons (Fsp3) is 0. The first-order valence-corrected chi connectivity index (χ1v) is 10.5. The van der Waals surface area contributed by atoms with Gasteiger partial charge in [-0.2, -0.15) is 10.6 Å². The Bertz CT molecular complexity index is 1190. The topological polar surface area (TPSA) is 115 Å². The molecule has 1 aliphatic heterocycles. The fourth-order valence-corrected chi connectivity index (χ4v) is 4.08. The number of nitrogens with one attached hydrogen (secondary N) is 2. The predicted octanol–water partition coefficient (Wildman–Crippen LogP) is 5.86. The minimum atomic E-state index is -2.90. The second-order valence-electron chi connectivity index (χ2n) is 6.32. The molecule has 1 aliphatic rings. The van der Waals surface area contributed by atoms with E-state index in [1.165, 1.54) is 16.9 Å². The first-order valence-electron chi connectivity index (χ1n) is 8.45. The van der Waals surface area contributed by atoms with Crippen molar-refractivity contribution in [3.05, 3.63) is 81.8 Å². The lowest BCUT2D eigenvalue weighted by molar-refractivity contribution is 0.0698. The molecule has 5 N–H and O–H groups in total. The van der Waals surface area contributed by atoms with Crippen LogP contribution in [0.5, 0.6) is 0 Å². The number of rotatable bonds is 5. The van der Waals surface area contributed by atoms with Gasteiger partial charge in [0.05, 0.1) is 45.4 Å². The molecule has 9 heteroatoms. The third kappa shape index (κ3) is 4.06. The number of aromatic carboxylic acids is 1. The number of hydrogen-bond acceptors (Lipinski definition) is 6. The van der Waals surface area contributed by atoms with Crippen LogP contribution in [0.3, 0.4) is 0 Å². The van der Waals surface area contributed by atoms with E-state index < -0.39 is 16.6 Å². The molecule has 0 aliphatic carbocycles. The van der Waals surface area contributed by atoms with Crippen molar-refractivity contribution in [3.8, 4) is 0 Å². The van der Waals surface area contributed by atoms with Crippen molar-refractivity contribution in [2.24, 2.45) is 0 Å². The number of nitrogens with zero attached hydrogens (tertiary/aromatic N) is 1. The molecular formula is C20H16ClN3O4S. The van der Waals surface area contributed by atoms with Gasteiger partial charge >= 0.3 is 5.97 Å². The summed E-state index contributed by atoms with van der Waals surface area (Å²) in [5.74, 6) is -1.06. The summed E-state index contributed by atoms with van der Waals surface area (Å²) in [6.07, 6.45) is 3.15. The van der Waals surface area contributed by atoms with Gasteiger partial charge in [-0.15, -0.1) is 0 Å². The maximum atomic E-state index is 11.6. The van der Waals surface area contributed by atoms with Crippen molar-refractivity contribution in [3.63, 3.8) is 0 Å². The number of pyridine rings is 1. The largest absolute Gasteiger partial charge is 0.478 e. The molecule has 0 radical (unpaired) electrons. The molecule has 0 spiro atoms. The van der Waals surface area contributed by atoms with Gasteiger partial charge in [-0.1, -0.05) is 23.7 Å². The molecule has 0 amide bonds. The maximum Gasteiger partial charge on any atom is 0.337 e. The van der Waals surface area contributed by atoms with E-state index >= 15 is 0 Å². The van der Waals surface area contributed by atoms with Gasteiger partial charge < -0.3 is 15.7 Å². The number of hydrogen-bond donors (Lipinski definition) is 5. The maximum absolute atomic E-state index is 11.6. The van der Waals surface area contributed by atoms with Gasteiger partial charge in [0.1, 0.15) is 0 Å². The number of benzene rings is 2. The van der Waals surface area contributed by atoms with Crippen LogP contribution < -0.4 is 10.6 Å². The summed E-state index contributed by atoms with van der Waals surface area (Å²) < 4.78 is 19.5. The number of halogens is 1. The van der Waals surface area contributed by atoms with Gasteiger partial charge in [0.15, 0.2) is 0 Å². The van der Waals surface area contributed by atoms with Crippen molar-refractivity contribution in [2.45, 2.75) is 0 Å². The Hall–Kier alpha value is -3.04. The number of carboxylic acid groups (broad SMARTS) is 1. The normalized spacial score (nSPS) is 15.8. The first kappa shape index (κ1) is 19.3. The molecular weight excluding hydrogens is 414 g/mol. The highest BCUT2D eigenvalue weighted by atomic mass is 35.5. The van der Waals surface area contributed by atoms with Crippen molar-refractivity contribution in [1.82, 2.24) is 4.98 Å². The monoisotopic (exact) mass is 429 g/mol. The number of anilines is 3. The molecule has 0 atom stereocenters. The van der Waals surface area contributed by atoms with Crippen LogP contribution in [0, 0.1) is 0 Å². The lowest BCUT2D eigenvalue weighted by atomic mass is 10.1. The summed E-state index contributed by atoms with van der Waals surface area (Å²) in [5, 5.41) is 19.6. The highest BCUT2D eigenvalue weighted by molar-refractivity contribution is 8.29. The zero-order chi connectivity index (χ0) is 20.6. The summed E-state index contributed by atoms with van der Waals surface area (Å²) in [6, 6.07) is 11.8. The Labute approximate surface area is 172 Å². The van der Waals surface area contributed by atoms with E-state index in [0.29, 0.717) is 38.7 Å². The molecule has 2 aromatic carbocycles. The molecule has 29 heavy (non-hydrogen) atoms. The van der Waals surface area contributed by atoms with Gasteiger partial charge in [0, 0.05) is 15.8 Å². The number of fused-ring (bicyclic) bond motifs is 1. The van der Waals surface area contributed by atoms with Crippen molar-refractivity contribution >= 4 is 56.1 Å². The van der Waals surface area contributed by atoms with E-state index in [1.807, 2.05) is 0 Å². The number of para-hydroxylation sites is 1. The Balaban J connectivity index is 1.85. The Kier molecular flexibility index (Phi) is 4.93. The number of carbonyl (C=O) groups is 1. The summed E-state index contributed by atoms with van der Waals surface area (Å²) >= 11 is 6.18. The summed E-state index contributed by atoms with van der Waals surface area (Å²) in [6.45, 7) is 0. The van der Waals surface area contributed by atoms with Gasteiger partial charge in [0.2, 0.25) is 0 Å². The van der Waals surface area contributed by atoms with Gasteiger partial charge in [-0.05, 0) is 36.4 Å². The van der Waals surface area contributed by atoms with Crippen LogP contribution in [0.15, 0.2) is 71.3 Å². The predicted molar refractivity (Wildman–Crippen MR) is 117 cm³/mol. The molecule has 0 saturated carbocycles. The SMILES string of the molecule is O=C(O)c1ccccc1Nc1c(NC2=CS(O)(O)C=C2)cnc2ccc(Cl)cc12. The van der Waals surface area contributed by atoms with E-state index in [1.54, 1.807) is 48.7 Å². The van der Waals surface area contributed by atoms with Gasteiger partial charge in [-0.25, -0.2) is 4.79 Å². The van der Waals surface area contributed by atoms with E-state index in [4.69, 9.17) is 11.6 Å². The van der Waals surface area contributed by atoms with E-state index in [2.05, 4.69) is 15.6 Å². The quantitative estimate of drug-likeness (QED) is 0.345. The van der Waals surface area contributed by atoms with Crippen molar-refractivity contribution in [1.29, 1.82) is 0 Å². The van der Waals surface area contributed by atoms with Crippen LogP contribution in [0.2, 0.25) is 5.02 Å². The van der Waals surface area contributed by atoms with Crippen LogP contribution in [-0.4, -0.2) is 25.2 Å². The van der Waals surface area contributed by atoms with Crippen LogP contribution in [0.25, 0.3) is 10.9 Å². The smallest absolute Gasteiger partial charge is 0.337 e. The summed E-state index contributed by atoms with van der Waals surface area (Å²) in [7, 11) is -2.90. The Morgan fingerprint density at radius 2 is 1.86 bits per heavy atom. The van der Waals surface area contributed by atoms with Crippen molar-refractivity contribution in [2.75, 3.05) is 10.6 Å². The highest BCUT2D eigenvalue weighted by Crippen LogP contribution is 2.48. The summed E-state index contributed by atoms with van der Waals surface area (Å²) in [4.78, 5) is 16.0. The summed E-state index contributed by atoms with van der Waals surface area (Å²) in [5.41, 5.74) is 2.74. The molecule has 4 rings (SSSR count). The molecule has 1 aromatic heterocycles. The van der Waals surface area contributed by atoms with E-state index in [-0.39, 0.29) is 5.56 Å². The number of carboxylic acids is 1. The highest BCUT2D eigenvalue weighted by Gasteiger charge is 2.17. The molecule has 3 aromatic rings. The molecule has 0 fully saturated rings. The van der Waals surface area contributed by atoms with Gasteiger partial charge in [-0.3, -0.25) is 14.1 Å². The zero-order valence-electron chi connectivity index (χ0n) is 14.8. The van der Waals surface area contributed by atoms with E-state index in [9.17, 15) is 19.0 Å². The van der Waals surface area contributed by atoms with E-state index in [0.717, 1.165) is 0 Å². The first-order chi connectivity index (χ1) is 13.8. The molecule has 148 valence electrons. The van der Waals surface area contributed by atoms with Crippen molar-refractivity contribution < 1.29 is 19.0 Å². The average Bonchev–Trinajstić information content (AvgIpc) is 3.02. The zero-order valence-corrected chi connectivity index (χ0v) is 16.4. The van der Waals surface area contributed by atoms with Crippen LogP contribution >= 0.6 is 22.2 Å². The molecule has 7 nitrogen and oxygen atoms in total. The van der Waals surface area contributed by atoms with Crippen LogP contribution in [0.4, 0.5) is 17.1 Å². The number of aromatic nitrogens is 1. The van der Waals surface area contributed by atoms with Gasteiger partial charge in [0.25, 0.3) is 0 Å². The molecule has 0 saturated heterocycles. The molecule has 0 bridgehead atoms. The third-order valence-corrected chi connectivity index (χ3v) is 5.65. The second kappa shape index (κ2) is 7.41. The Morgan fingerprint density at radius 3 is 2.59 bits per heavy atom. The minimum absolute atomic E-state index is 0.111. The Morgan fingerprint density at radius 1 is 1.07 bits per heavy atom. The molecule has 2 heterocycles. The second-order valence-corrected chi connectivity index (χ2v) is 8.55. The lowest BCUT2D eigenvalue weighted by Gasteiger charge is -2.20. The third-order valence-electron chi connectivity index (χ3n) is 4.27. The minimum Gasteiger partial charge on any atom is -0.478 e. The fourth-order valence-electron chi connectivity index (χ4n) is 2.97. The lowest BCUT2D eigenvalue weighted by Crippen LogP contribution is -2.06. The van der Waals surface area contributed by atoms with Crippen LogP contribution in [0.1, 0.15) is 10.4 Å². The average molecular weight is 430 g/mol. The van der Waals surface area contributed by atoms with Crippen LogP contribution in [-0.2, 0) is 0 Å². The number of allylic oxidation sites excluding steroid dienone is 1. The standard InChI is InChI=1S/C20H16ClN3O4S/c21-12-5-6-16-15(9-12)19(24-17-4-2-1-3-14(17)20(25)26)18(10-22-16)23-13-7-8-29(27,28)11-13/h1-11,23,27-28H,(H,22,24)(H,25,26). The molecule has 0 unspecified atom stereocenters.